The summed E-state index contributed by atoms with van der Waals surface area (Å²) in [6, 6.07) is 11.9. The Morgan fingerprint density at radius 1 is 1.20 bits per heavy atom. The van der Waals surface area contributed by atoms with Gasteiger partial charge in [0, 0.05) is 13.1 Å². The van der Waals surface area contributed by atoms with Crippen molar-refractivity contribution >= 4 is 31.6 Å². The van der Waals surface area contributed by atoms with Gasteiger partial charge in [-0.3, -0.25) is 9.36 Å². The van der Waals surface area contributed by atoms with E-state index in [1.165, 1.54) is 6.07 Å². The van der Waals surface area contributed by atoms with Crippen molar-refractivity contribution in [2.75, 3.05) is 7.11 Å². The fourth-order valence-corrected chi connectivity index (χ4v) is 4.67. The maximum atomic E-state index is 12.5. The molecule has 1 N–H and O–H groups in total. The SMILES string of the molecule is CCn1c(=O)sc2cc(S(=O)(=O)NCc3cccc(OC)c3)ccc21. The average Bonchev–Trinajstić information content (AvgIpc) is 2.94. The summed E-state index contributed by atoms with van der Waals surface area (Å²) >= 11 is 1.05. The molecule has 0 amide bonds. The first-order valence-electron chi connectivity index (χ1n) is 7.70. The van der Waals surface area contributed by atoms with Crippen LogP contribution in [-0.4, -0.2) is 20.1 Å². The molecule has 0 aliphatic carbocycles. The van der Waals surface area contributed by atoms with Crippen LogP contribution >= 0.6 is 11.3 Å². The lowest BCUT2D eigenvalue weighted by Crippen LogP contribution is -2.23. The van der Waals surface area contributed by atoms with Crippen molar-refractivity contribution in [3.05, 3.63) is 57.7 Å². The van der Waals surface area contributed by atoms with Crippen LogP contribution in [0.4, 0.5) is 0 Å². The van der Waals surface area contributed by atoms with Crippen LogP contribution in [0.2, 0.25) is 0 Å². The van der Waals surface area contributed by atoms with Crippen molar-refractivity contribution in [2.24, 2.45) is 0 Å². The molecule has 0 atom stereocenters. The van der Waals surface area contributed by atoms with E-state index in [2.05, 4.69) is 4.72 Å². The minimum Gasteiger partial charge on any atom is -0.497 e. The Kier molecular flexibility index (Phi) is 4.94. The fraction of sp³-hybridized carbons (Fsp3) is 0.235. The van der Waals surface area contributed by atoms with E-state index in [0.717, 1.165) is 22.4 Å². The fourth-order valence-electron chi connectivity index (χ4n) is 2.56. The number of hydrogen-bond donors (Lipinski definition) is 1. The monoisotopic (exact) mass is 378 g/mol. The van der Waals surface area contributed by atoms with Gasteiger partial charge in [-0.25, -0.2) is 13.1 Å². The van der Waals surface area contributed by atoms with Crippen LogP contribution in [0, 0.1) is 0 Å². The van der Waals surface area contributed by atoms with Crippen molar-refractivity contribution < 1.29 is 13.2 Å². The Bertz CT molecular complexity index is 1070. The number of fused-ring (bicyclic) bond motifs is 1. The molecule has 132 valence electrons. The number of rotatable bonds is 6. The van der Waals surface area contributed by atoms with E-state index in [1.54, 1.807) is 42.0 Å². The molecule has 0 spiro atoms. The highest BCUT2D eigenvalue weighted by atomic mass is 32.2. The number of hydrogen-bond acceptors (Lipinski definition) is 5. The van der Waals surface area contributed by atoms with Crippen molar-refractivity contribution in [1.29, 1.82) is 0 Å². The number of sulfonamides is 1. The first-order chi connectivity index (χ1) is 11.9. The molecule has 0 saturated heterocycles. The predicted octanol–water partition coefficient (Wildman–Crippen LogP) is 2.57. The Balaban J connectivity index is 1.86. The van der Waals surface area contributed by atoms with Crippen LogP contribution in [0.3, 0.4) is 0 Å². The van der Waals surface area contributed by atoms with E-state index < -0.39 is 10.0 Å². The third kappa shape index (κ3) is 3.60. The first-order valence-corrected chi connectivity index (χ1v) is 10.0. The second-order valence-electron chi connectivity index (χ2n) is 5.42. The zero-order valence-electron chi connectivity index (χ0n) is 13.9. The van der Waals surface area contributed by atoms with Crippen molar-refractivity contribution in [3.63, 3.8) is 0 Å². The summed E-state index contributed by atoms with van der Waals surface area (Å²) in [7, 11) is -2.11. The number of methoxy groups -OCH3 is 1. The van der Waals surface area contributed by atoms with E-state index in [4.69, 9.17) is 4.74 Å². The third-order valence-electron chi connectivity index (χ3n) is 3.87. The summed E-state index contributed by atoms with van der Waals surface area (Å²) in [6.45, 7) is 2.59. The van der Waals surface area contributed by atoms with Crippen molar-refractivity contribution in [3.8, 4) is 5.75 Å². The Morgan fingerprint density at radius 3 is 2.72 bits per heavy atom. The summed E-state index contributed by atoms with van der Waals surface area (Å²) in [4.78, 5) is 12.0. The zero-order valence-corrected chi connectivity index (χ0v) is 15.5. The smallest absolute Gasteiger partial charge is 0.308 e. The molecule has 3 aromatic rings. The zero-order chi connectivity index (χ0) is 18.0. The maximum absolute atomic E-state index is 12.5. The molecule has 1 heterocycles. The lowest BCUT2D eigenvalue weighted by molar-refractivity contribution is 0.414. The van der Waals surface area contributed by atoms with Crippen molar-refractivity contribution in [2.45, 2.75) is 24.9 Å². The Labute approximate surface area is 149 Å². The van der Waals surface area contributed by atoms with Gasteiger partial charge in [0.05, 0.1) is 22.2 Å². The second-order valence-corrected chi connectivity index (χ2v) is 8.18. The van der Waals surface area contributed by atoms with E-state index >= 15 is 0 Å². The molecule has 0 unspecified atom stereocenters. The lowest BCUT2D eigenvalue weighted by atomic mass is 10.2. The molecule has 0 saturated carbocycles. The van der Waals surface area contributed by atoms with Gasteiger partial charge in [0.15, 0.2) is 0 Å². The summed E-state index contributed by atoms with van der Waals surface area (Å²) in [5, 5.41) is 0. The minimum atomic E-state index is -3.68. The van der Waals surface area contributed by atoms with Crippen LogP contribution < -0.4 is 14.3 Å². The molecule has 1 aromatic heterocycles. The van der Waals surface area contributed by atoms with Crippen LogP contribution in [0.5, 0.6) is 5.75 Å². The molecule has 2 aromatic carbocycles. The first kappa shape index (κ1) is 17.7. The quantitative estimate of drug-likeness (QED) is 0.715. The van der Waals surface area contributed by atoms with E-state index in [9.17, 15) is 13.2 Å². The molecule has 0 fully saturated rings. The van der Waals surface area contributed by atoms with E-state index in [0.29, 0.717) is 17.0 Å². The molecule has 6 nitrogen and oxygen atoms in total. The molecule has 8 heteroatoms. The van der Waals surface area contributed by atoms with Gasteiger partial charge in [0.1, 0.15) is 5.75 Å². The van der Waals surface area contributed by atoms with Crippen LogP contribution in [0.15, 0.2) is 52.2 Å². The summed E-state index contributed by atoms with van der Waals surface area (Å²) in [6.07, 6.45) is 0. The number of aryl methyl sites for hydroxylation is 1. The Hall–Kier alpha value is -2.16. The van der Waals surface area contributed by atoms with Gasteiger partial charge < -0.3 is 4.74 Å². The van der Waals surface area contributed by atoms with Gasteiger partial charge in [-0.2, -0.15) is 0 Å². The third-order valence-corrected chi connectivity index (χ3v) is 6.21. The van der Waals surface area contributed by atoms with Gasteiger partial charge >= 0.3 is 4.87 Å². The van der Waals surface area contributed by atoms with Gasteiger partial charge in [0.25, 0.3) is 0 Å². The maximum Gasteiger partial charge on any atom is 0.308 e. The molecule has 3 rings (SSSR count). The lowest BCUT2D eigenvalue weighted by Gasteiger charge is -2.08. The number of nitrogens with zero attached hydrogens (tertiary/aromatic N) is 1. The van der Waals surface area contributed by atoms with E-state index in [1.807, 2.05) is 13.0 Å². The molecule has 0 aliphatic rings. The average molecular weight is 378 g/mol. The summed E-state index contributed by atoms with van der Waals surface area (Å²) in [5.41, 5.74) is 1.55. The van der Waals surface area contributed by atoms with Gasteiger partial charge in [-0.05, 0) is 42.8 Å². The predicted molar refractivity (Wildman–Crippen MR) is 98.8 cm³/mol. The number of ether oxygens (including phenoxy) is 1. The van der Waals surface area contributed by atoms with Crippen LogP contribution in [-0.2, 0) is 23.1 Å². The second kappa shape index (κ2) is 6.99. The molecular weight excluding hydrogens is 360 g/mol. The Morgan fingerprint density at radius 2 is 2.00 bits per heavy atom. The number of benzene rings is 2. The molecule has 0 aliphatic heterocycles. The minimum absolute atomic E-state index is 0.0867. The van der Waals surface area contributed by atoms with Crippen LogP contribution in [0.1, 0.15) is 12.5 Å². The summed E-state index contributed by atoms with van der Waals surface area (Å²) in [5.74, 6) is 0.670. The number of thiazole rings is 1. The van der Waals surface area contributed by atoms with Gasteiger partial charge in [0.2, 0.25) is 10.0 Å². The number of aromatic nitrogens is 1. The molecule has 25 heavy (non-hydrogen) atoms. The highest BCUT2D eigenvalue weighted by Gasteiger charge is 2.16. The van der Waals surface area contributed by atoms with E-state index in [-0.39, 0.29) is 16.3 Å². The highest BCUT2D eigenvalue weighted by Crippen LogP contribution is 2.22. The number of nitrogens with one attached hydrogen (secondary N) is 1. The molecular formula is C17H18N2O4S2. The van der Waals surface area contributed by atoms with Gasteiger partial charge in [-0.15, -0.1) is 0 Å². The molecule has 0 radical (unpaired) electrons. The topological polar surface area (TPSA) is 77.4 Å². The highest BCUT2D eigenvalue weighted by molar-refractivity contribution is 7.89. The van der Waals surface area contributed by atoms with Crippen molar-refractivity contribution in [1.82, 2.24) is 9.29 Å². The standard InChI is InChI=1S/C17H18N2O4S2/c1-3-19-15-8-7-14(10-16(15)24-17(19)20)25(21,22)18-11-12-5-4-6-13(9-12)23-2/h4-10,18H,3,11H2,1-2H3. The molecule has 0 bridgehead atoms. The normalized spacial score (nSPS) is 11.8. The largest absolute Gasteiger partial charge is 0.497 e. The van der Waals surface area contributed by atoms with Crippen LogP contribution in [0.25, 0.3) is 10.2 Å². The van der Waals surface area contributed by atoms with Gasteiger partial charge in [-0.1, -0.05) is 23.5 Å². The summed E-state index contributed by atoms with van der Waals surface area (Å²) < 4.78 is 35.1.